The van der Waals surface area contributed by atoms with Crippen molar-refractivity contribution in [1.29, 1.82) is 0 Å². The van der Waals surface area contributed by atoms with Crippen LogP contribution < -0.4 is 10.2 Å². The number of hydrogen-bond acceptors (Lipinski definition) is 5. The van der Waals surface area contributed by atoms with Gasteiger partial charge in [0.2, 0.25) is 0 Å². The number of nitro groups is 1. The molecule has 1 aromatic carbocycles. The van der Waals surface area contributed by atoms with Crippen LogP contribution in [0.5, 0.6) is 0 Å². The van der Waals surface area contributed by atoms with Gasteiger partial charge in [-0.05, 0) is 37.8 Å². The van der Waals surface area contributed by atoms with Crippen molar-refractivity contribution in [3.63, 3.8) is 0 Å². The minimum atomic E-state index is -0.663. The average molecular weight is 321 g/mol. The summed E-state index contributed by atoms with van der Waals surface area (Å²) in [6.07, 6.45) is 1.35. The zero-order valence-corrected chi connectivity index (χ0v) is 13.5. The van der Waals surface area contributed by atoms with Gasteiger partial charge in [-0.3, -0.25) is 14.9 Å². The van der Waals surface area contributed by atoms with E-state index in [1.807, 2.05) is 4.90 Å². The second kappa shape index (κ2) is 7.41. The van der Waals surface area contributed by atoms with Crippen LogP contribution in [0.15, 0.2) is 18.2 Å². The zero-order valence-electron chi connectivity index (χ0n) is 13.5. The maximum Gasteiger partial charge on any atom is 0.293 e. The number of nitrogens with zero attached hydrogens (tertiary/aromatic N) is 2. The molecule has 1 amide bonds. The molecule has 126 valence electrons. The van der Waals surface area contributed by atoms with Gasteiger partial charge >= 0.3 is 0 Å². The van der Waals surface area contributed by atoms with Crippen LogP contribution in [0.25, 0.3) is 0 Å². The van der Waals surface area contributed by atoms with Crippen molar-refractivity contribution in [2.45, 2.75) is 32.8 Å². The van der Waals surface area contributed by atoms with Gasteiger partial charge < -0.3 is 15.3 Å². The van der Waals surface area contributed by atoms with Crippen LogP contribution in [0.2, 0.25) is 0 Å². The molecule has 7 heteroatoms. The number of aliphatic hydroxyl groups excluding tert-OH is 1. The molecule has 0 aromatic heterocycles. The molecule has 0 saturated carbocycles. The summed E-state index contributed by atoms with van der Waals surface area (Å²) >= 11 is 0. The van der Waals surface area contributed by atoms with Crippen LogP contribution in [0.3, 0.4) is 0 Å². The predicted molar refractivity (Wildman–Crippen MR) is 87.7 cm³/mol. The lowest BCUT2D eigenvalue weighted by molar-refractivity contribution is -0.384. The van der Waals surface area contributed by atoms with Gasteiger partial charge in [0.25, 0.3) is 11.6 Å². The monoisotopic (exact) mass is 321 g/mol. The fourth-order valence-corrected chi connectivity index (χ4v) is 2.67. The summed E-state index contributed by atoms with van der Waals surface area (Å²) in [5, 5.41) is 23.1. The van der Waals surface area contributed by atoms with E-state index in [0.717, 1.165) is 25.9 Å². The van der Waals surface area contributed by atoms with Crippen molar-refractivity contribution in [2.24, 2.45) is 5.92 Å². The number of hydrogen-bond donors (Lipinski definition) is 2. The normalized spacial score (nSPS) is 16.9. The van der Waals surface area contributed by atoms with E-state index in [1.54, 1.807) is 19.1 Å². The highest BCUT2D eigenvalue weighted by molar-refractivity contribution is 5.95. The number of piperidine rings is 1. The standard InChI is InChI=1S/C16H23N3O4/c1-11-5-7-18(8-6-11)14-4-3-13(9-15(14)19(22)23)16(21)17-10-12(2)20/h3-4,9,11-12,20H,5-8,10H2,1-2H3,(H,17,21). The number of amides is 1. The Morgan fingerprint density at radius 2 is 2.13 bits per heavy atom. The largest absolute Gasteiger partial charge is 0.392 e. The first-order valence-corrected chi connectivity index (χ1v) is 7.88. The van der Waals surface area contributed by atoms with Crippen LogP contribution in [0.4, 0.5) is 11.4 Å². The number of carbonyl (C=O) groups excluding carboxylic acids is 1. The molecule has 0 radical (unpaired) electrons. The molecule has 1 fully saturated rings. The van der Waals surface area contributed by atoms with Gasteiger partial charge in [-0.1, -0.05) is 6.92 Å². The minimum absolute atomic E-state index is 0.0516. The van der Waals surface area contributed by atoms with Gasteiger partial charge in [-0.15, -0.1) is 0 Å². The Morgan fingerprint density at radius 1 is 1.48 bits per heavy atom. The Hall–Kier alpha value is -2.15. The minimum Gasteiger partial charge on any atom is -0.392 e. The topological polar surface area (TPSA) is 95.7 Å². The van der Waals surface area contributed by atoms with Gasteiger partial charge in [0, 0.05) is 31.3 Å². The Bertz CT molecular complexity index is 581. The maximum atomic E-state index is 12.0. The first kappa shape index (κ1) is 17.2. The highest BCUT2D eigenvalue weighted by Crippen LogP contribution is 2.32. The number of anilines is 1. The summed E-state index contributed by atoms with van der Waals surface area (Å²) in [6, 6.07) is 4.55. The van der Waals surface area contributed by atoms with Crippen LogP contribution in [0.1, 0.15) is 37.0 Å². The number of benzene rings is 1. The summed E-state index contributed by atoms with van der Waals surface area (Å²) in [5.74, 6) is 0.212. The molecule has 1 aliphatic heterocycles. The maximum absolute atomic E-state index is 12.0. The second-order valence-corrected chi connectivity index (χ2v) is 6.19. The second-order valence-electron chi connectivity index (χ2n) is 6.19. The van der Waals surface area contributed by atoms with Crippen molar-refractivity contribution in [3.05, 3.63) is 33.9 Å². The van der Waals surface area contributed by atoms with Crippen molar-refractivity contribution >= 4 is 17.3 Å². The molecule has 0 bridgehead atoms. The Morgan fingerprint density at radius 3 is 2.70 bits per heavy atom. The van der Waals surface area contributed by atoms with E-state index < -0.39 is 16.9 Å². The van der Waals surface area contributed by atoms with E-state index in [2.05, 4.69) is 12.2 Å². The van der Waals surface area contributed by atoms with E-state index in [1.165, 1.54) is 6.07 Å². The van der Waals surface area contributed by atoms with Gasteiger partial charge in [-0.25, -0.2) is 0 Å². The quantitative estimate of drug-likeness (QED) is 0.638. The molecule has 2 N–H and O–H groups in total. The summed E-state index contributed by atoms with van der Waals surface area (Å²) in [6.45, 7) is 5.42. The van der Waals surface area contributed by atoms with Gasteiger partial charge in [0.05, 0.1) is 11.0 Å². The Balaban J connectivity index is 2.21. The van der Waals surface area contributed by atoms with Crippen LogP contribution in [0, 0.1) is 16.0 Å². The van der Waals surface area contributed by atoms with E-state index in [9.17, 15) is 20.0 Å². The van der Waals surface area contributed by atoms with Gasteiger partial charge in [-0.2, -0.15) is 0 Å². The molecule has 2 rings (SSSR count). The van der Waals surface area contributed by atoms with Gasteiger partial charge in [0.15, 0.2) is 0 Å². The first-order chi connectivity index (χ1) is 10.9. The molecule has 1 heterocycles. The summed E-state index contributed by atoms with van der Waals surface area (Å²) < 4.78 is 0. The first-order valence-electron chi connectivity index (χ1n) is 7.88. The summed E-state index contributed by atoms with van der Waals surface area (Å²) in [7, 11) is 0. The molecule has 7 nitrogen and oxygen atoms in total. The molecule has 1 aromatic rings. The predicted octanol–water partition coefficient (Wildman–Crippen LogP) is 1.94. The number of carbonyl (C=O) groups is 1. The number of nitro benzene ring substituents is 1. The van der Waals surface area contributed by atoms with Crippen molar-refractivity contribution in [2.75, 3.05) is 24.5 Å². The lowest BCUT2D eigenvalue weighted by Gasteiger charge is -2.31. The van der Waals surface area contributed by atoms with Crippen LogP contribution in [-0.2, 0) is 0 Å². The Kier molecular flexibility index (Phi) is 5.54. The highest BCUT2D eigenvalue weighted by atomic mass is 16.6. The van der Waals surface area contributed by atoms with Crippen molar-refractivity contribution < 1.29 is 14.8 Å². The molecule has 23 heavy (non-hydrogen) atoms. The fraction of sp³-hybridized carbons (Fsp3) is 0.562. The van der Waals surface area contributed by atoms with E-state index >= 15 is 0 Å². The molecule has 1 unspecified atom stereocenters. The smallest absolute Gasteiger partial charge is 0.293 e. The van der Waals surface area contributed by atoms with E-state index in [-0.39, 0.29) is 17.8 Å². The SMILES string of the molecule is CC(O)CNC(=O)c1ccc(N2CCC(C)CC2)c([N+](=O)[O-])c1. The lowest BCUT2D eigenvalue weighted by atomic mass is 9.98. The molecule has 0 spiro atoms. The van der Waals surface area contributed by atoms with Crippen molar-refractivity contribution in [3.8, 4) is 0 Å². The number of aliphatic hydroxyl groups is 1. The van der Waals surface area contributed by atoms with Gasteiger partial charge in [0.1, 0.15) is 5.69 Å². The number of nitrogens with one attached hydrogen (secondary N) is 1. The third-order valence-corrected chi connectivity index (χ3v) is 4.12. The Labute approximate surface area is 135 Å². The lowest BCUT2D eigenvalue weighted by Crippen LogP contribution is -2.33. The van der Waals surface area contributed by atoms with E-state index in [4.69, 9.17) is 0 Å². The van der Waals surface area contributed by atoms with Crippen LogP contribution >= 0.6 is 0 Å². The molecular formula is C16H23N3O4. The molecule has 1 saturated heterocycles. The third-order valence-electron chi connectivity index (χ3n) is 4.12. The van der Waals surface area contributed by atoms with Crippen molar-refractivity contribution in [1.82, 2.24) is 5.32 Å². The third kappa shape index (κ3) is 4.41. The average Bonchev–Trinajstić information content (AvgIpc) is 2.52. The molecule has 1 aliphatic rings. The fourth-order valence-electron chi connectivity index (χ4n) is 2.67. The van der Waals surface area contributed by atoms with Crippen LogP contribution in [-0.4, -0.2) is 41.7 Å². The zero-order chi connectivity index (χ0) is 17.0. The molecular weight excluding hydrogens is 298 g/mol. The summed E-state index contributed by atoms with van der Waals surface area (Å²) in [5.41, 5.74) is 0.740. The van der Waals surface area contributed by atoms with E-state index in [0.29, 0.717) is 11.6 Å². The highest BCUT2D eigenvalue weighted by Gasteiger charge is 2.24. The number of rotatable bonds is 5. The summed E-state index contributed by atoms with van der Waals surface area (Å²) in [4.78, 5) is 24.9. The molecule has 1 atom stereocenters. The molecule has 0 aliphatic carbocycles.